The average molecular weight is 276 g/mol. The molecule has 0 saturated carbocycles. The van der Waals surface area contributed by atoms with Crippen LogP contribution in [0.3, 0.4) is 0 Å². The molecule has 2 atom stereocenters. The van der Waals surface area contributed by atoms with Crippen LogP contribution in [-0.2, 0) is 11.2 Å². The van der Waals surface area contributed by atoms with Gasteiger partial charge in [0.15, 0.2) is 0 Å². The van der Waals surface area contributed by atoms with Crippen molar-refractivity contribution in [3.05, 3.63) is 29.3 Å². The monoisotopic (exact) mass is 276 g/mol. The smallest absolute Gasteiger partial charge is 0.411 e. The van der Waals surface area contributed by atoms with Crippen molar-refractivity contribution in [3.63, 3.8) is 0 Å². The fourth-order valence-corrected chi connectivity index (χ4v) is 2.23. The Hall–Kier alpha value is -1.27. The second-order valence-corrected chi connectivity index (χ2v) is 4.51. The summed E-state index contributed by atoms with van der Waals surface area (Å²) in [6.45, 7) is -1.34. The van der Waals surface area contributed by atoms with Crippen LogP contribution >= 0.6 is 0 Å². The van der Waals surface area contributed by atoms with Gasteiger partial charge in [0, 0.05) is 0 Å². The molecule has 0 aromatic heterocycles. The lowest BCUT2D eigenvalue weighted by molar-refractivity contribution is -0.197. The fourth-order valence-electron chi connectivity index (χ4n) is 2.23. The topological polar surface area (TPSA) is 38.7 Å². The van der Waals surface area contributed by atoms with E-state index in [2.05, 4.69) is 0 Å². The van der Waals surface area contributed by atoms with Gasteiger partial charge in [-0.1, -0.05) is 6.07 Å². The molecule has 0 saturated heterocycles. The molecule has 6 heteroatoms. The molecule has 0 heterocycles. The summed E-state index contributed by atoms with van der Waals surface area (Å²) in [5, 5.41) is 10.1. The first-order valence-corrected chi connectivity index (χ1v) is 5.94. The summed E-state index contributed by atoms with van der Waals surface area (Å²) >= 11 is 0. The van der Waals surface area contributed by atoms with E-state index in [-0.39, 0.29) is 0 Å². The molecular formula is C13H15F3O3. The molecule has 1 N–H and O–H groups in total. The Morgan fingerprint density at radius 3 is 2.74 bits per heavy atom. The number of benzene rings is 1. The standard InChI is InChI=1S/C13H15F3O3/c1-18-9-4-2-8-3-5-11(12(17)10(8)6-9)19-7-13(14,15)16/h2,4,6,11-12,17H,3,5,7H2,1H3. The van der Waals surface area contributed by atoms with E-state index in [0.717, 1.165) is 5.56 Å². The largest absolute Gasteiger partial charge is 0.497 e. The summed E-state index contributed by atoms with van der Waals surface area (Å²) in [4.78, 5) is 0. The molecule has 0 amide bonds. The predicted octanol–water partition coefficient (Wildman–Crippen LogP) is 2.62. The first-order valence-electron chi connectivity index (χ1n) is 5.94. The van der Waals surface area contributed by atoms with Crippen molar-refractivity contribution in [2.24, 2.45) is 0 Å². The van der Waals surface area contributed by atoms with Gasteiger partial charge in [0.1, 0.15) is 18.5 Å². The molecule has 2 unspecified atom stereocenters. The molecule has 1 aromatic carbocycles. The zero-order valence-corrected chi connectivity index (χ0v) is 10.4. The molecular weight excluding hydrogens is 261 g/mol. The number of methoxy groups -OCH3 is 1. The Kier molecular flexibility index (Phi) is 4.01. The number of alkyl halides is 3. The average Bonchev–Trinajstić information content (AvgIpc) is 2.36. The molecule has 0 fully saturated rings. The van der Waals surface area contributed by atoms with Crippen LogP contribution in [0.25, 0.3) is 0 Å². The van der Waals surface area contributed by atoms with Crippen molar-refractivity contribution < 1.29 is 27.8 Å². The van der Waals surface area contributed by atoms with E-state index < -0.39 is 25.0 Å². The summed E-state index contributed by atoms with van der Waals surface area (Å²) in [6.07, 6.45) is -5.31. The molecule has 1 aromatic rings. The van der Waals surface area contributed by atoms with Crippen LogP contribution in [0.2, 0.25) is 0 Å². The highest BCUT2D eigenvalue weighted by Crippen LogP contribution is 2.34. The molecule has 2 rings (SSSR count). The van der Waals surface area contributed by atoms with Crippen molar-refractivity contribution in [2.45, 2.75) is 31.2 Å². The van der Waals surface area contributed by atoms with Gasteiger partial charge in [-0.2, -0.15) is 13.2 Å². The van der Waals surface area contributed by atoms with Crippen LogP contribution in [-0.4, -0.2) is 31.1 Å². The Morgan fingerprint density at radius 1 is 1.37 bits per heavy atom. The van der Waals surface area contributed by atoms with Crippen molar-refractivity contribution in [3.8, 4) is 5.75 Å². The number of hydrogen-bond acceptors (Lipinski definition) is 3. The van der Waals surface area contributed by atoms with Crippen LogP contribution in [0.5, 0.6) is 5.75 Å². The normalized spacial score (nSPS) is 23.0. The SMILES string of the molecule is COc1ccc2c(c1)C(O)C(OCC(F)(F)F)CC2. The minimum absolute atomic E-state index is 0.372. The number of aliphatic hydroxyl groups is 1. The highest BCUT2D eigenvalue weighted by atomic mass is 19.4. The van der Waals surface area contributed by atoms with E-state index in [1.807, 2.05) is 6.07 Å². The quantitative estimate of drug-likeness (QED) is 0.922. The lowest BCUT2D eigenvalue weighted by Gasteiger charge is -2.30. The maximum Gasteiger partial charge on any atom is 0.411 e. The highest BCUT2D eigenvalue weighted by Gasteiger charge is 2.34. The van der Waals surface area contributed by atoms with E-state index in [9.17, 15) is 18.3 Å². The van der Waals surface area contributed by atoms with Gasteiger partial charge in [0.05, 0.1) is 13.2 Å². The Balaban J connectivity index is 2.11. The Bertz CT molecular complexity index is 445. The Morgan fingerprint density at radius 2 is 2.11 bits per heavy atom. The fraction of sp³-hybridized carbons (Fsp3) is 0.538. The lowest BCUT2D eigenvalue weighted by atomic mass is 9.87. The van der Waals surface area contributed by atoms with Gasteiger partial charge in [-0.05, 0) is 36.1 Å². The number of hydrogen-bond donors (Lipinski definition) is 1. The molecule has 3 nitrogen and oxygen atoms in total. The van der Waals surface area contributed by atoms with Gasteiger partial charge in [-0.3, -0.25) is 0 Å². The third kappa shape index (κ3) is 3.39. The number of rotatable bonds is 3. The van der Waals surface area contributed by atoms with Gasteiger partial charge in [-0.15, -0.1) is 0 Å². The van der Waals surface area contributed by atoms with E-state index in [4.69, 9.17) is 9.47 Å². The number of fused-ring (bicyclic) bond motifs is 1. The number of halogens is 3. The second kappa shape index (κ2) is 5.38. The first kappa shape index (κ1) is 14.1. The molecule has 0 spiro atoms. The predicted molar refractivity (Wildman–Crippen MR) is 62.1 cm³/mol. The number of ether oxygens (including phenoxy) is 2. The maximum absolute atomic E-state index is 12.1. The van der Waals surface area contributed by atoms with E-state index in [0.29, 0.717) is 24.2 Å². The zero-order chi connectivity index (χ0) is 14.0. The van der Waals surface area contributed by atoms with E-state index in [1.165, 1.54) is 7.11 Å². The molecule has 0 bridgehead atoms. The molecule has 0 radical (unpaired) electrons. The van der Waals surface area contributed by atoms with E-state index >= 15 is 0 Å². The zero-order valence-electron chi connectivity index (χ0n) is 10.4. The van der Waals surface area contributed by atoms with Crippen molar-refractivity contribution >= 4 is 0 Å². The maximum atomic E-state index is 12.1. The molecule has 1 aliphatic rings. The van der Waals surface area contributed by atoms with Gasteiger partial charge in [0.2, 0.25) is 0 Å². The first-order chi connectivity index (χ1) is 8.90. The number of aryl methyl sites for hydroxylation is 1. The van der Waals surface area contributed by atoms with Crippen LogP contribution < -0.4 is 4.74 Å². The van der Waals surface area contributed by atoms with Gasteiger partial charge < -0.3 is 14.6 Å². The lowest BCUT2D eigenvalue weighted by Crippen LogP contribution is -2.31. The molecule has 19 heavy (non-hydrogen) atoms. The minimum Gasteiger partial charge on any atom is -0.497 e. The van der Waals surface area contributed by atoms with E-state index in [1.54, 1.807) is 12.1 Å². The summed E-state index contributed by atoms with van der Waals surface area (Å²) < 4.78 is 46.2. The summed E-state index contributed by atoms with van der Waals surface area (Å²) in [7, 11) is 1.49. The van der Waals surface area contributed by atoms with Gasteiger partial charge in [0.25, 0.3) is 0 Å². The highest BCUT2D eigenvalue weighted by molar-refractivity contribution is 5.39. The molecule has 1 aliphatic carbocycles. The Labute approximate surface area is 108 Å². The third-order valence-corrected chi connectivity index (χ3v) is 3.18. The summed E-state index contributed by atoms with van der Waals surface area (Å²) in [5.41, 5.74) is 1.50. The second-order valence-electron chi connectivity index (χ2n) is 4.51. The summed E-state index contributed by atoms with van der Waals surface area (Å²) in [6, 6.07) is 5.23. The van der Waals surface area contributed by atoms with Crippen molar-refractivity contribution in [2.75, 3.05) is 13.7 Å². The van der Waals surface area contributed by atoms with Crippen LogP contribution in [0.1, 0.15) is 23.7 Å². The number of aliphatic hydroxyl groups excluding tert-OH is 1. The summed E-state index contributed by atoms with van der Waals surface area (Å²) in [5.74, 6) is 0.564. The van der Waals surface area contributed by atoms with Crippen LogP contribution in [0.4, 0.5) is 13.2 Å². The molecule has 106 valence electrons. The van der Waals surface area contributed by atoms with Crippen LogP contribution in [0, 0.1) is 0 Å². The van der Waals surface area contributed by atoms with Gasteiger partial charge >= 0.3 is 6.18 Å². The van der Waals surface area contributed by atoms with Gasteiger partial charge in [-0.25, -0.2) is 0 Å². The van der Waals surface area contributed by atoms with Crippen LogP contribution in [0.15, 0.2) is 18.2 Å². The molecule has 0 aliphatic heterocycles. The minimum atomic E-state index is -4.38. The van der Waals surface area contributed by atoms with Crippen molar-refractivity contribution in [1.82, 2.24) is 0 Å². The van der Waals surface area contributed by atoms with Crippen molar-refractivity contribution in [1.29, 1.82) is 0 Å². The third-order valence-electron chi connectivity index (χ3n) is 3.18.